The summed E-state index contributed by atoms with van der Waals surface area (Å²) in [6, 6.07) is 5.53. The number of thioether (sulfide) groups is 1. The Bertz CT molecular complexity index is 935. The van der Waals surface area contributed by atoms with Crippen molar-refractivity contribution >= 4 is 38.6 Å². The van der Waals surface area contributed by atoms with Gasteiger partial charge in [-0.1, -0.05) is 46.7 Å². The van der Waals surface area contributed by atoms with Crippen molar-refractivity contribution in [2.24, 2.45) is 0 Å². The topological polar surface area (TPSA) is 73.8 Å². The molecule has 8 heteroatoms. The van der Waals surface area contributed by atoms with Crippen LogP contribution >= 0.6 is 27.7 Å². The third-order valence-corrected chi connectivity index (χ3v) is 4.97. The van der Waals surface area contributed by atoms with E-state index in [0.717, 1.165) is 4.47 Å². The lowest BCUT2D eigenvalue weighted by atomic mass is 10.2. The maximum Gasteiger partial charge on any atom is 0.262 e. The van der Waals surface area contributed by atoms with E-state index in [2.05, 4.69) is 31.1 Å². The zero-order valence-electron chi connectivity index (χ0n) is 13.6. The van der Waals surface area contributed by atoms with Gasteiger partial charge in [0.15, 0.2) is 11.0 Å². The number of hydrogen-bond acceptors (Lipinski definition) is 6. The van der Waals surface area contributed by atoms with Gasteiger partial charge in [-0.05, 0) is 25.1 Å². The average molecular weight is 409 g/mol. The second kappa shape index (κ2) is 7.06. The molecule has 2 aromatic heterocycles. The molecule has 0 fully saturated rings. The molecule has 1 aromatic carbocycles. The van der Waals surface area contributed by atoms with Crippen molar-refractivity contribution in [2.75, 3.05) is 0 Å². The van der Waals surface area contributed by atoms with E-state index in [4.69, 9.17) is 4.52 Å². The van der Waals surface area contributed by atoms with Crippen LogP contribution in [0.4, 0.5) is 0 Å². The van der Waals surface area contributed by atoms with E-state index >= 15 is 0 Å². The lowest BCUT2D eigenvalue weighted by Gasteiger charge is -2.10. The number of rotatable bonds is 5. The van der Waals surface area contributed by atoms with Gasteiger partial charge in [-0.15, -0.1) is 0 Å². The summed E-state index contributed by atoms with van der Waals surface area (Å²) in [5.41, 5.74) is 0.647. The summed E-state index contributed by atoms with van der Waals surface area (Å²) >= 11 is 4.84. The molecule has 3 rings (SSSR count). The Labute approximate surface area is 151 Å². The highest BCUT2D eigenvalue weighted by molar-refractivity contribution is 9.10. The normalized spacial score (nSPS) is 11.5. The summed E-state index contributed by atoms with van der Waals surface area (Å²) in [5, 5.41) is 5.24. The standard InChI is InChI=1S/C16H17BrN4O2S/c1-4-21-15(22)11-7-10(17)5-6-12(11)18-16(21)24-8-13-19-14(9(2)3)23-20-13/h5-7,9H,4,8H2,1-3H3. The van der Waals surface area contributed by atoms with Crippen LogP contribution in [0.25, 0.3) is 10.9 Å². The van der Waals surface area contributed by atoms with Crippen LogP contribution in [-0.2, 0) is 12.3 Å². The molecule has 0 amide bonds. The minimum absolute atomic E-state index is 0.0396. The van der Waals surface area contributed by atoms with Crippen molar-refractivity contribution in [3.05, 3.63) is 44.7 Å². The summed E-state index contributed by atoms with van der Waals surface area (Å²) in [6.07, 6.45) is 0. The predicted molar refractivity (Wildman–Crippen MR) is 97.3 cm³/mol. The Balaban J connectivity index is 1.93. The molecule has 126 valence electrons. The van der Waals surface area contributed by atoms with Gasteiger partial charge < -0.3 is 4.52 Å². The van der Waals surface area contributed by atoms with Crippen LogP contribution in [0.3, 0.4) is 0 Å². The molecule has 0 N–H and O–H groups in total. The monoisotopic (exact) mass is 408 g/mol. The van der Waals surface area contributed by atoms with Gasteiger partial charge in [-0.2, -0.15) is 4.98 Å². The van der Waals surface area contributed by atoms with Gasteiger partial charge in [0.05, 0.1) is 16.7 Å². The highest BCUT2D eigenvalue weighted by Crippen LogP contribution is 2.23. The summed E-state index contributed by atoms with van der Waals surface area (Å²) in [7, 11) is 0. The molecule has 6 nitrogen and oxygen atoms in total. The van der Waals surface area contributed by atoms with Crippen molar-refractivity contribution in [2.45, 2.75) is 44.1 Å². The van der Waals surface area contributed by atoms with Crippen LogP contribution in [0.1, 0.15) is 38.4 Å². The molecule has 0 saturated heterocycles. The quantitative estimate of drug-likeness (QED) is 0.469. The van der Waals surface area contributed by atoms with Crippen molar-refractivity contribution < 1.29 is 4.52 Å². The Morgan fingerprint density at radius 3 is 2.79 bits per heavy atom. The fraction of sp³-hybridized carbons (Fsp3) is 0.375. The van der Waals surface area contributed by atoms with E-state index < -0.39 is 0 Å². The number of fused-ring (bicyclic) bond motifs is 1. The van der Waals surface area contributed by atoms with E-state index in [0.29, 0.717) is 40.1 Å². The van der Waals surface area contributed by atoms with E-state index in [1.807, 2.05) is 32.9 Å². The van der Waals surface area contributed by atoms with E-state index in [1.165, 1.54) is 11.8 Å². The third-order valence-electron chi connectivity index (χ3n) is 3.51. The molecule has 24 heavy (non-hydrogen) atoms. The third kappa shape index (κ3) is 3.39. The molecule has 0 aliphatic carbocycles. The van der Waals surface area contributed by atoms with E-state index in [9.17, 15) is 4.79 Å². The smallest absolute Gasteiger partial charge is 0.262 e. The van der Waals surface area contributed by atoms with Gasteiger partial charge in [0.2, 0.25) is 5.89 Å². The number of aromatic nitrogens is 4. The highest BCUT2D eigenvalue weighted by Gasteiger charge is 2.14. The molecule has 0 unspecified atom stereocenters. The molecule has 0 aliphatic rings. The van der Waals surface area contributed by atoms with Crippen LogP contribution in [-0.4, -0.2) is 19.7 Å². The van der Waals surface area contributed by atoms with Crippen LogP contribution < -0.4 is 5.56 Å². The Hall–Kier alpha value is -1.67. The van der Waals surface area contributed by atoms with Crippen LogP contribution in [0, 0.1) is 0 Å². The molecule has 2 heterocycles. The minimum Gasteiger partial charge on any atom is -0.339 e. The fourth-order valence-corrected chi connectivity index (χ4v) is 3.52. The lowest BCUT2D eigenvalue weighted by Crippen LogP contribution is -2.22. The molecule has 0 atom stereocenters. The van der Waals surface area contributed by atoms with E-state index in [1.54, 1.807) is 10.6 Å². The highest BCUT2D eigenvalue weighted by atomic mass is 79.9. The Kier molecular flexibility index (Phi) is 5.05. The molecule has 0 aliphatic heterocycles. The first-order valence-corrected chi connectivity index (χ1v) is 9.42. The van der Waals surface area contributed by atoms with E-state index in [-0.39, 0.29) is 11.5 Å². The molecule has 0 bridgehead atoms. The molecular weight excluding hydrogens is 392 g/mol. The van der Waals surface area contributed by atoms with Gasteiger partial charge in [-0.3, -0.25) is 9.36 Å². The lowest BCUT2D eigenvalue weighted by molar-refractivity contribution is 0.362. The first-order chi connectivity index (χ1) is 11.5. The van der Waals surface area contributed by atoms with Gasteiger partial charge in [0.1, 0.15) is 0 Å². The van der Waals surface area contributed by atoms with Crippen LogP contribution in [0.2, 0.25) is 0 Å². The van der Waals surface area contributed by atoms with Crippen molar-refractivity contribution in [3.8, 4) is 0 Å². The molecular formula is C16H17BrN4O2S. The molecule has 3 aromatic rings. The predicted octanol–water partition coefficient (Wildman–Crippen LogP) is 3.98. The zero-order chi connectivity index (χ0) is 17.3. The number of hydrogen-bond donors (Lipinski definition) is 0. The summed E-state index contributed by atoms with van der Waals surface area (Å²) < 4.78 is 7.74. The van der Waals surface area contributed by atoms with Crippen molar-refractivity contribution in [1.82, 2.24) is 19.7 Å². The largest absolute Gasteiger partial charge is 0.339 e. The summed E-state index contributed by atoms with van der Waals surface area (Å²) in [6.45, 7) is 6.49. The van der Waals surface area contributed by atoms with Crippen LogP contribution in [0.15, 0.2) is 37.1 Å². The first-order valence-electron chi connectivity index (χ1n) is 7.65. The molecule has 0 spiro atoms. The number of halogens is 1. The summed E-state index contributed by atoms with van der Waals surface area (Å²) in [5.74, 6) is 1.93. The first kappa shape index (κ1) is 17.2. The molecule has 0 radical (unpaired) electrons. The molecule has 0 saturated carbocycles. The summed E-state index contributed by atoms with van der Waals surface area (Å²) in [4.78, 5) is 21.7. The number of benzene rings is 1. The van der Waals surface area contributed by atoms with Gasteiger partial charge in [0, 0.05) is 16.9 Å². The Morgan fingerprint density at radius 1 is 1.33 bits per heavy atom. The van der Waals surface area contributed by atoms with Gasteiger partial charge in [0.25, 0.3) is 5.56 Å². The second-order valence-corrected chi connectivity index (χ2v) is 7.46. The Morgan fingerprint density at radius 2 is 2.12 bits per heavy atom. The average Bonchev–Trinajstić information content (AvgIpc) is 3.03. The van der Waals surface area contributed by atoms with Gasteiger partial charge in [-0.25, -0.2) is 4.98 Å². The maximum atomic E-state index is 12.7. The second-order valence-electron chi connectivity index (χ2n) is 5.60. The van der Waals surface area contributed by atoms with Crippen molar-refractivity contribution in [1.29, 1.82) is 0 Å². The maximum absolute atomic E-state index is 12.7. The van der Waals surface area contributed by atoms with Crippen molar-refractivity contribution in [3.63, 3.8) is 0 Å². The zero-order valence-corrected chi connectivity index (χ0v) is 16.0. The SMILES string of the molecule is CCn1c(SCc2noc(C(C)C)n2)nc2ccc(Br)cc2c1=O. The van der Waals surface area contributed by atoms with Crippen LogP contribution in [0.5, 0.6) is 0 Å². The fourth-order valence-electron chi connectivity index (χ4n) is 2.25. The van der Waals surface area contributed by atoms with Gasteiger partial charge >= 0.3 is 0 Å². The number of nitrogens with zero attached hydrogens (tertiary/aromatic N) is 4. The minimum atomic E-state index is -0.0396.